The second kappa shape index (κ2) is 10.1. The van der Waals surface area contributed by atoms with Gasteiger partial charge in [-0.3, -0.25) is 14.4 Å². The number of ketones is 1. The van der Waals surface area contributed by atoms with E-state index in [9.17, 15) is 24.6 Å². The Morgan fingerprint density at radius 2 is 1.70 bits per heavy atom. The molecule has 5 heteroatoms. The Morgan fingerprint density at radius 3 is 2.30 bits per heavy atom. The fourth-order valence-electron chi connectivity index (χ4n) is 8.56. The van der Waals surface area contributed by atoms with Gasteiger partial charge in [-0.05, 0) is 78.9 Å². The fourth-order valence-corrected chi connectivity index (χ4v) is 8.56. The second-order valence-corrected chi connectivity index (χ2v) is 12.6. The third-order valence-corrected chi connectivity index (χ3v) is 10.3. The summed E-state index contributed by atoms with van der Waals surface area (Å²) < 4.78 is 0. The standard InChI is InChI=1S/C28H46O5/c1-17(2)7-6-8-18(3)20-9-10-21-26-19(16-25(32)33)15-23(29)28(5,14-12-24(30)31)22(26)11-13-27(20,21)4/h17-22,26H,6-16H2,1-5H3,(H,30,31)(H,32,33)/t18?,19?,20?,21?,22?,26?,27-,28-/m1/s1. The van der Waals surface area contributed by atoms with Crippen molar-refractivity contribution in [3.05, 3.63) is 0 Å². The fraction of sp³-hybridized carbons (Fsp3) is 0.893. The minimum atomic E-state index is -0.856. The molecule has 0 spiro atoms. The van der Waals surface area contributed by atoms with E-state index in [-0.39, 0.29) is 41.8 Å². The molecule has 3 fully saturated rings. The first-order valence-corrected chi connectivity index (χ1v) is 13.4. The summed E-state index contributed by atoms with van der Waals surface area (Å²) in [7, 11) is 0. The predicted octanol–water partition coefficient (Wildman–Crippen LogP) is 6.44. The molecule has 0 heterocycles. The maximum Gasteiger partial charge on any atom is 0.303 e. The van der Waals surface area contributed by atoms with Gasteiger partial charge >= 0.3 is 11.9 Å². The Kier molecular flexibility index (Phi) is 8.01. The number of hydrogen-bond acceptors (Lipinski definition) is 3. The third kappa shape index (κ3) is 5.17. The highest BCUT2D eigenvalue weighted by Gasteiger charge is 2.62. The first-order valence-electron chi connectivity index (χ1n) is 13.4. The number of carboxylic acids is 2. The van der Waals surface area contributed by atoms with Gasteiger partial charge in [-0.1, -0.05) is 53.9 Å². The summed E-state index contributed by atoms with van der Waals surface area (Å²) in [5.41, 5.74) is -0.441. The summed E-state index contributed by atoms with van der Waals surface area (Å²) in [4.78, 5) is 36.4. The lowest BCUT2D eigenvalue weighted by atomic mass is 9.45. The maximum atomic E-state index is 13.3. The molecule has 0 aromatic heterocycles. The Labute approximate surface area is 200 Å². The molecule has 2 N–H and O–H groups in total. The molecule has 3 aliphatic carbocycles. The zero-order chi connectivity index (χ0) is 24.6. The Morgan fingerprint density at radius 1 is 1.00 bits per heavy atom. The van der Waals surface area contributed by atoms with Crippen LogP contribution in [0.3, 0.4) is 0 Å². The Balaban J connectivity index is 1.87. The molecule has 5 nitrogen and oxygen atoms in total. The Bertz CT molecular complexity index is 745. The summed E-state index contributed by atoms with van der Waals surface area (Å²) in [5, 5.41) is 19.0. The average molecular weight is 463 g/mol. The lowest BCUT2D eigenvalue weighted by Gasteiger charge is -2.58. The molecule has 0 aliphatic heterocycles. The number of carboxylic acid groups (broad SMARTS) is 2. The minimum absolute atomic E-state index is 0.00645. The van der Waals surface area contributed by atoms with Gasteiger partial charge in [0.25, 0.3) is 0 Å². The highest BCUT2D eigenvalue weighted by atomic mass is 16.4. The lowest BCUT2D eigenvalue weighted by Crippen LogP contribution is -2.56. The zero-order valence-electron chi connectivity index (χ0n) is 21.4. The SMILES string of the molecule is CC(C)CCCC(C)C1CCC2C3C(CC(=O)O)CC(=O)[C@](C)(CCC(=O)O)C3CC[C@]12C. The van der Waals surface area contributed by atoms with Gasteiger partial charge < -0.3 is 10.2 Å². The molecule has 3 saturated carbocycles. The van der Waals surface area contributed by atoms with E-state index < -0.39 is 17.4 Å². The van der Waals surface area contributed by atoms with Crippen LogP contribution in [-0.2, 0) is 14.4 Å². The number of rotatable bonds is 10. The molecule has 0 aromatic carbocycles. The topological polar surface area (TPSA) is 91.7 Å². The van der Waals surface area contributed by atoms with Crippen molar-refractivity contribution in [1.82, 2.24) is 0 Å². The van der Waals surface area contributed by atoms with Crippen LogP contribution in [0.15, 0.2) is 0 Å². The monoisotopic (exact) mass is 462 g/mol. The molecule has 188 valence electrons. The highest BCUT2D eigenvalue weighted by molar-refractivity contribution is 5.87. The van der Waals surface area contributed by atoms with Gasteiger partial charge in [0.05, 0.1) is 0 Å². The molecule has 0 amide bonds. The number of Topliss-reactive ketones (excluding diaryl/α,β-unsaturated/α-hetero) is 1. The minimum Gasteiger partial charge on any atom is -0.481 e. The summed E-state index contributed by atoms with van der Waals surface area (Å²) in [5.74, 6) is 1.12. The van der Waals surface area contributed by atoms with Gasteiger partial charge in [-0.25, -0.2) is 0 Å². The molecule has 0 radical (unpaired) electrons. The molecular weight excluding hydrogens is 416 g/mol. The van der Waals surface area contributed by atoms with E-state index in [1.807, 2.05) is 6.92 Å². The molecular formula is C28H46O5. The second-order valence-electron chi connectivity index (χ2n) is 12.6. The molecule has 3 aliphatic rings. The van der Waals surface area contributed by atoms with Crippen molar-refractivity contribution in [2.75, 3.05) is 0 Å². The summed E-state index contributed by atoms with van der Waals surface area (Å²) in [6.45, 7) is 11.4. The number of carbonyl (C=O) groups is 3. The van der Waals surface area contributed by atoms with Crippen molar-refractivity contribution in [2.45, 2.75) is 105 Å². The van der Waals surface area contributed by atoms with Gasteiger partial charge in [0, 0.05) is 24.7 Å². The van der Waals surface area contributed by atoms with Crippen LogP contribution in [0.2, 0.25) is 0 Å². The largest absolute Gasteiger partial charge is 0.481 e. The van der Waals surface area contributed by atoms with Crippen LogP contribution in [0, 0.1) is 52.3 Å². The van der Waals surface area contributed by atoms with Gasteiger partial charge in [-0.15, -0.1) is 0 Å². The third-order valence-electron chi connectivity index (χ3n) is 10.3. The van der Waals surface area contributed by atoms with Gasteiger partial charge in [-0.2, -0.15) is 0 Å². The number of aliphatic carboxylic acids is 2. The molecule has 6 unspecified atom stereocenters. The normalized spacial score (nSPS) is 39.2. The van der Waals surface area contributed by atoms with Crippen LogP contribution < -0.4 is 0 Å². The molecule has 8 atom stereocenters. The predicted molar refractivity (Wildman–Crippen MR) is 129 cm³/mol. The van der Waals surface area contributed by atoms with Gasteiger partial charge in [0.15, 0.2) is 0 Å². The molecule has 0 bridgehead atoms. The van der Waals surface area contributed by atoms with E-state index in [0.29, 0.717) is 30.6 Å². The van der Waals surface area contributed by atoms with Crippen molar-refractivity contribution >= 4 is 17.7 Å². The van der Waals surface area contributed by atoms with Gasteiger partial charge in [0.1, 0.15) is 5.78 Å². The first-order chi connectivity index (χ1) is 15.4. The quantitative estimate of drug-likeness (QED) is 0.390. The number of carbonyl (C=O) groups excluding carboxylic acids is 1. The van der Waals surface area contributed by atoms with Crippen LogP contribution in [0.5, 0.6) is 0 Å². The Hall–Kier alpha value is -1.39. The van der Waals surface area contributed by atoms with E-state index in [1.165, 1.54) is 25.7 Å². The molecule has 3 rings (SSSR count). The van der Waals surface area contributed by atoms with E-state index in [1.54, 1.807) is 0 Å². The van der Waals surface area contributed by atoms with E-state index in [4.69, 9.17) is 0 Å². The number of fused-ring (bicyclic) bond motifs is 3. The average Bonchev–Trinajstić information content (AvgIpc) is 3.06. The number of hydrogen-bond donors (Lipinski definition) is 2. The van der Waals surface area contributed by atoms with Crippen LogP contribution in [-0.4, -0.2) is 27.9 Å². The first kappa shape index (κ1) is 26.2. The van der Waals surface area contributed by atoms with E-state index in [0.717, 1.165) is 25.2 Å². The van der Waals surface area contributed by atoms with Crippen molar-refractivity contribution in [3.8, 4) is 0 Å². The zero-order valence-corrected chi connectivity index (χ0v) is 21.4. The molecule has 33 heavy (non-hydrogen) atoms. The van der Waals surface area contributed by atoms with Crippen LogP contribution in [0.4, 0.5) is 0 Å². The lowest BCUT2D eigenvalue weighted by molar-refractivity contribution is -0.158. The highest BCUT2D eigenvalue weighted by Crippen LogP contribution is 2.67. The summed E-state index contributed by atoms with van der Waals surface area (Å²) in [6, 6.07) is 0. The molecule has 0 saturated heterocycles. The van der Waals surface area contributed by atoms with Crippen molar-refractivity contribution < 1.29 is 24.6 Å². The van der Waals surface area contributed by atoms with Crippen molar-refractivity contribution in [1.29, 1.82) is 0 Å². The van der Waals surface area contributed by atoms with Crippen molar-refractivity contribution in [3.63, 3.8) is 0 Å². The molecule has 0 aromatic rings. The van der Waals surface area contributed by atoms with E-state index in [2.05, 4.69) is 27.7 Å². The van der Waals surface area contributed by atoms with E-state index >= 15 is 0 Å². The van der Waals surface area contributed by atoms with Gasteiger partial charge in [0.2, 0.25) is 0 Å². The van der Waals surface area contributed by atoms with Crippen LogP contribution in [0.25, 0.3) is 0 Å². The summed E-state index contributed by atoms with van der Waals surface area (Å²) >= 11 is 0. The van der Waals surface area contributed by atoms with Crippen LogP contribution in [0.1, 0.15) is 105 Å². The van der Waals surface area contributed by atoms with Crippen molar-refractivity contribution in [2.24, 2.45) is 52.3 Å². The smallest absolute Gasteiger partial charge is 0.303 e. The maximum absolute atomic E-state index is 13.3. The summed E-state index contributed by atoms with van der Waals surface area (Å²) in [6.07, 6.45) is 8.85. The van der Waals surface area contributed by atoms with Crippen LogP contribution >= 0.6 is 0 Å².